The number of ketones is 1. The summed E-state index contributed by atoms with van der Waals surface area (Å²) in [5.41, 5.74) is -1.40. The molecule has 130 valence electrons. The molecule has 0 aliphatic carbocycles. The summed E-state index contributed by atoms with van der Waals surface area (Å²) in [6.45, 7) is 8.06. The lowest BCUT2D eigenvalue weighted by Gasteiger charge is -2.40. The number of rotatable bonds is 2. The molecule has 2 aliphatic heterocycles. The third-order valence-corrected chi connectivity index (χ3v) is 4.13. The van der Waals surface area contributed by atoms with Gasteiger partial charge in [-0.3, -0.25) is 9.59 Å². The van der Waals surface area contributed by atoms with Crippen LogP contribution in [0.5, 0.6) is 0 Å². The molecule has 0 N–H and O–H groups in total. The highest BCUT2D eigenvalue weighted by molar-refractivity contribution is 6.02. The van der Waals surface area contributed by atoms with Crippen LogP contribution in [0.3, 0.4) is 0 Å². The molecule has 7 nitrogen and oxygen atoms in total. The van der Waals surface area contributed by atoms with Gasteiger partial charge in [0.05, 0.1) is 12.2 Å². The normalized spacial score (nSPS) is 23.9. The Hall–Kier alpha value is -1.63. The van der Waals surface area contributed by atoms with Crippen LogP contribution in [0.15, 0.2) is 0 Å². The summed E-state index contributed by atoms with van der Waals surface area (Å²) in [5.74, 6) is -1.65. The molecule has 0 aromatic rings. The third kappa shape index (κ3) is 3.83. The van der Waals surface area contributed by atoms with Gasteiger partial charge >= 0.3 is 12.1 Å². The van der Waals surface area contributed by atoms with E-state index in [1.165, 1.54) is 0 Å². The number of likely N-dealkylation sites (tertiary alicyclic amines) is 1. The predicted octanol–water partition coefficient (Wildman–Crippen LogP) is 1.53. The molecule has 23 heavy (non-hydrogen) atoms. The highest BCUT2D eigenvalue weighted by atomic mass is 16.6. The number of Topliss-reactive ketones (excluding diaryl/α,β-unsaturated/α-hetero) is 1. The number of esters is 1. The van der Waals surface area contributed by atoms with Crippen LogP contribution < -0.4 is 0 Å². The predicted molar refractivity (Wildman–Crippen MR) is 80.9 cm³/mol. The number of carbonyl (C=O) groups is 3. The van der Waals surface area contributed by atoms with Crippen LogP contribution in [0.4, 0.5) is 4.79 Å². The van der Waals surface area contributed by atoms with Gasteiger partial charge in [-0.15, -0.1) is 0 Å². The number of hydrogen-bond acceptors (Lipinski definition) is 6. The van der Waals surface area contributed by atoms with E-state index in [-0.39, 0.29) is 25.1 Å². The molecule has 2 rings (SSSR count). The molecule has 2 aliphatic rings. The van der Waals surface area contributed by atoms with E-state index < -0.39 is 23.1 Å². The van der Waals surface area contributed by atoms with Crippen LogP contribution in [0.25, 0.3) is 0 Å². The smallest absolute Gasteiger partial charge is 0.410 e. The maximum Gasteiger partial charge on any atom is 0.410 e. The summed E-state index contributed by atoms with van der Waals surface area (Å²) >= 11 is 0. The molecule has 0 aromatic heterocycles. The quantitative estimate of drug-likeness (QED) is 0.565. The van der Waals surface area contributed by atoms with Crippen molar-refractivity contribution in [1.82, 2.24) is 4.90 Å². The third-order valence-electron chi connectivity index (χ3n) is 4.13. The largest absolute Gasteiger partial charge is 0.465 e. The SMILES string of the molecule is CCOC(=O)C1C(=O)COC12CCN(C(=O)OC(C)(C)C)CC2. The Morgan fingerprint density at radius 2 is 1.91 bits per heavy atom. The van der Waals surface area contributed by atoms with Crippen molar-refractivity contribution in [2.24, 2.45) is 5.92 Å². The second-order valence-corrected chi connectivity index (χ2v) is 6.97. The first kappa shape index (κ1) is 17.7. The Kier molecular flexibility index (Phi) is 4.98. The summed E-state index contributed by atoms with van der Waals surface area (Å²) < 4.78 is 16.0. The number of piperidine rings is 1. The van der Waals surface area contributed by atoms with Crippen LogP contribution in [0, 0.1) is 5.92 Å². The Morgan fingerprint density at radius 1 is 1.30 bits per heavy atom. The number of carbonyl (C=O) groups excluding carboxylic acids is 3. The van der Waals surface area contributed by atoms with Gasteiger partial charge in [0.15, 0.2) is 5.78 Å². The zero-order valence-corrected chi connectivity index (χ0v) is 14.2. The number of ether oxygens (including phenoxy) is 3. The van der Waals surface area contributed by atoms with Crippen molar-refractivity contribution in [3.8, 4) is 0 Å². The van der Waals surface area contributed by atoms with Crippen LogP contribution >= 0.6 is 0 Å². The van der Waals surface area contributed by atoms with Crippen molar-refractivity contribution in [1.29, 1.82) is 0 Å². The van der Waals surface area contributed by atoms with Crippen molar-refractivity contribution in [3.05, 3.63) is 0 Å². The van der Waals surface area contributed by atoms with E-state index in [0.29, 0.717) is 25.9 Å². The number of amides is 1. The minimum absolute atomic E-state index is 0.0735. The van der Waals surface area contributed by atoms with Crippen molar-refractivity contribution in [3.63, 3.8) is 0 Å². The Morgan fingerprint density at radius 3 is 2.43 bits per heavy atom. The molecule has 2 fully saturated rings. The first-order valence-corrected chi connectivity index (χ1v) is 8.00. The lowest BCUT2D eigenvalue weighted by Crippen LogP contribution is -2.53. The highest BCUT2D eigenvalue weighted by Crippen LogP contribution is 2.40. The van der Waals surface area contributed by atoms with Gasteiger partial charge in [-0.1, -0.05) is 0 Å². The molecule has 7 heteroatoms. The maximum atomic E-state index is 12.1. The molecule has 1 spiro atoms. The molecular weight excluding hydrogens is 302 g/mol. The molecule has 2 heterocycles. The van der Waals surface area contributed by atoms with Gasteiger partial charge in [-0.25, -0.2) is 4.79 Å². The summed E-state index contributed by atoms with van der Waals surface area (Å²) in [6, 6.07) is 0. The first-order chi connectivity index (χ1) is 10.7. The van der Waals surface area contributed by atoms with Gasteiger partial charge in [0.1, 0.15) is 18.1 Å². The molecule has 1 amide bonds. The van der Waals surface area contributed by atoms with Crippen LogP contribution in [0.2, 0.25) is 0 Å². The molecule has 2 saturated heterocycles. The van der Waals surface area contributed by atoms with E-state index in [1.807, 2.05) is 20.8 Å². The van der Waals surface area contributed by atoms with Crippen molar-refractivity contribution in [2.45, 2.75) is 51.7 Å². The van der Waals surface area contributed by atoms with Gasteiger partial charge in [0, 0.05) is 13.1 Å². The topological polar surface area (TPSA) is 82.1 Å². The summed E-state index contributed by atoms with van der Waals surface area (Å²) in [5, 5.41) is 0. The fourth-order valence-electron chi connectivity index (χ4n) is 3.07. The zero-order chi connectivity index (χ0) is 17.3. The molecule has 0 saturated carbocycles. The van der Waals surface area contributed by atoms with Crippen LogP contribution in [-0.4, -0.2) is 60.3 Å². The van der Waals surface area contributed by atoms with Gasteiger partial charge in [-0.2, -0.15) is 0 Å². The minimum atomic E-state index is -0.886. The van der Waals surface area contributed by atoms with Gasteiger partial charge in [0.25, 0.3) is 0 Å². The van der Waals surface area contributed by atoms with E-state index >= 15 is 0 Å². The molecule has 0 radical (unpaired) electrons. The fourth-order valence-corrected chi connectivity index (χ4v) is 3.07. The monoisotopic (exact) mass is 327 g/mol. The summed E-state index contributed by atoms with van der Waals surface area (Å²) in [4.78, 5) is 37.8. The first-order valence-electron chi connectivity index (χ1n) is 8.00. The van der Waals surface area contributed by atoms with Crippen LogP contribution in [0.1, 0.15) is 40.5 Å². The fraction of sp³-hybridized carbons (Fsp3) is 0.812. The Labute approximate surface area is 136 Å². The van der Waals surface area contributed by atoms with Crippen LogP contribution in [-0.2, 0) is 23.8 Å². The average molecular weight is 327 g/mol. The molecule has 0 bridgehead atoms. The van der Waals surface area contributed by atoms with Gasteiger partial charge < -0.3 is 19.1 Å². The summed E-state index contributed by atoms with van der Waals surface area (Å²) in [7, 11) is 0. The Balaban J connectivity index is 2.03. The summed E-state index contributed by atoms with van der Waals surface area (Å²) in [6.07, 6.45) is 0.451. The average Bonchev–Trinajstić information content (AvgIpc) is 2.75. The van der Waals surface area contributed by atoms with Gasteiger partial charge in [-0.05, 0) is 40.5 Å². The Bertz CT molecular complexity index is 487. The second kappa shape index (κ2) is 6.47. The van der Waals surface area contributed by atoms with Crippen molar-refractivity contribution >= 4 is 17.8 Å². The van der Waals surface area contributed by atoms with E-state index in [4.69, 9.17) is 14.2 Å². The van der Waals surface area contributed by atoms with E-state index in [1.54, 1.807) is 11.8 Å². The number of nitrogens with zero attached hydrogens (tertiary/aromatic N) is 1. The van der Waals surface area contributed by atoms with Gasteiger partial charge in [0.2, 0.25) is 0 Å². The minimum Gasteiger partial charge on any atom is -0.465 e. The van der Waals surface area contributed by atoms with Crippen molar-refractivity contribution < 1.29 is 28.6 Å². The zero-order valence-electron chi connectivity index (χ0n) is 14.2. The van der Waals surface area contributed by atoms with Crippen molar-refractivity contribution in [2.75, 3.05) is 26.3 Å². The molecule has 1 atom stereocenters. The highest BCUT2D eigenvalue weighted by Gasteiger charge is 2.55. The molecular formula is C16H25NO6. The lowest BCUT2D eigenvalue weighted by molar-refractivity contribution is -0.158. The van der Waals surface area contributed by atoms with E-state index in [9.17, 15) is 14.4 Å². The lowest BCUT2D eigenvalue weighted by atomic mass is 9.79. The molecule has 1 unspecified atom stereocenters. The molecule has 0 aromatic carbocycles. The second-order valence-electron chi connectivity index (χ2n) is 6.97. The van der Waals surface area contributed by atoms with E-state index in [0.717, 1.165) is 0 Å². The van der Waals surface area contributed by atoms with E-state index in [2.05, 4.69) is 0 Å². The number of hydrogen-bond donors (Lipinski definition) is 0. The maximum absolute atomic E-state index is 12.1. The standard InChI is InChI=1S/C16H25NO6/c1-5-21-13(19)12-11(18)10-22-16(12)6-8-17(9-7-16)14(20)23-15(2,3)4/h12H,5-10H2,1-4H3.